The Hall–Kier alpha value is -0.940. The summed E-state index contributed by atoms with van der Waals surface area (Å²) in [6.07, 6.45) is 0.409. The molecule has 2 N–H and O–H groups in total. The SMILES string of the molecule is NCC1CC(=O)N(c2ccc(Br)cc2F)C1. The Morgan fingerprint density at radius 1 is 1.56 bits per heavy atom. The van der Waals surface area contributed by atoms with Gasteiger partial charge in [0.05, 0.1) is 5.69 Å². The topological polar surface area (TPSA) is 46.3 Å². The summed E-state index contributed by atoms with van der Waals surface area (Å²) in [7, 11) is 0. The number of amides is 1. The molecule has 2 rings (SSSR count). The van der Waals surface area contributed by atoms with Crippen LogP contribution in [0, 0.1) is 11.7 Å². The van der Waals surface area contributed by atoms with E-state index in [-0.39, 0.29) is 17.6 Å². The lowest BCUT2D eigenvalue weighted by molar-refractivity contribution is -0.117. The molecule has 86 valence electrons. The molecule has 1 unspecified atom stereocenters. The summed E-state index contributed by atoms with van der Waals surface area (Å²) >= 11 is 3.18. The molecule has 1 aromatic rings. The van der Waals surface area contributed by atoms with Crippen molar-refractivity contribution in [2.75, 3.05) is 18.0 Å². The summed E-state index contributed by atoms with van der Waals surface area (Å²) in [6.45, 7) is 0.967. The van der Waals surface area contributed by atoms with Crippen molar-refractivity contribution in [1.82, 2.24) is 0 Å². The molecule has 1 saturated heterocycles. The van der Waals surface area contributed by atoms with Gasteiger partial charge in [0.15, 0.2) is 0 Å². The second kappa shape index (κ2) is 4.51. The lowest BCUT2D eigenvalue weighted by atomic mass is 10.1. The first-order chi connectivity index (χ1) is 7.61. The van der Waals surface area contributed by atoms with Crippen LogP contribution in [0.1, 0.15) is 6.42 Å². The van der Waals surface area contributed by atoms with E-state index in [0.717, 1.165) is 0 Å². The van der Waals surface area contributed by atoms with Crippen LogP contribution >= 0.6 is 15.9 Å². The molecular weight excluding hydrogens is 275 g/mol. The number of carbonyl (C=O) groups is 1. The van der Waals surface area contributed by atoms with E-state index in [1.165, 1.54) is 11.0 Å². The summed E-state index contributed by atoms with van der Waals surface area (Å²) < 4.78 is 14.3. The highest BCUT2D eigenvalue weighted by Gasteiger charge is 2.30. The Morgan fingerprint density at radius 2 is 2.31 bits per heavy atom. The summed E-state index contributed by atoms with van der Waals surface area (Å²) in [5, 5.41) is 0. The third kappa shape index (κ3) is 2.10. The fourth-order valence-corrected chi connectivity index (χ4v) is 2.21. The molecular formula is C11H12BrFN2O. The molecule has 0 saturated carbocycles. The largest absolute Gasteiger partial charge is 0.330 e. The number of halogens is 2. The smallest absolute Gasteiger partial charge is 0.227 e. The molecule has 1 aromatic carbocycles. The van der Waals surface area contributed by atoms with Crippen molar-refractivity contribution < 1.29 is 9.18 Å². The molecule has 0 spiro atoms. The summed E-state index contributed by atoms with van der Waals surface area (Å²) in [5.74, 6) is -0.312. The number of nitrogens with two attached hydrogens (primary N) is 1. The van der Waals surface area contributed by atoms with Crippen LogP contribution in [0.4, 0.5) is 10.1 Å². The van der Waals surface area contributed by atoms with E-state index in [0.29, 0.717) is 29.7 Å². The number of carbonyl (C=O) groups excluding carboxylic acids is 1. The van der Waals surface area contributed by atoms with Crippen molar-refractivity contribution >= 4 is 27.5 Å². The number of rotatable bonds is 2. The molecule has 0 radical (unpaired) electrons. The normalized spacial score (nSPS) is 20.6. The van der Waals surface area contributed by atoms with Crippen LogP contribution in [0.5, 0.6) is 0 Å². The maximum Gasteiger partial charge on any atom is 0.227 e. The quantitative estimate of drug-likeness (QED) is 0.903. The minimum atomic E-state index is -0.389. The fourth-order valence-electron chi connectivity index (χ4n) is 1.87. The molecule has 1 aliphatic rings. The molecule has 0 bridgehead atoms. The first kappa shape index (κ1) is 11.5. The summed E-state index contributed by atoms with van der Waals surface area (Å²) in [6, 6.07) is 4.69. The van der Waals surface area contributed by atoms with Crippen LogP contribution in [0.2, 0.25) is 0 Å². The van der Waals surface area contributed by atoms with E-state index in [1.807, 2.05) is 0 Å². The highest BCUT2D eigenvalue weighted by Crippen LogP contribution is 2.28. The van der Waals surface area contributed by atoms with E-state index in [1.54, 1.807) is 12.1 Å². The Balaban J connectivity index is 2.28. The monoisotopic (exact) mass is 286 g/mol. The predicted octanol–water partition coefficient (Wildman–Crippen LogP) is 1.90. The van der Waals surface area contributed by atoms with Crippen molar-refractivity contribution in [2.45, 2.75) is 6.42 Å². The number of hydrogen-bond acceptors (Lipinski definition) is 2. The average molecular weight is 287 g/mol. The Kier molecular flexibility index (Phi) is 3.25. The fraction of sp³-hybridized carbons (Fsp3) is 0.364. The maximum absolute atomic E-state index is 13.7. The van der Waals surface area contributed by atoms with Crippen LogP contribution in [0.15, 0.2) is 22.7 Å². The average Bonchev–Trinajstić information content (AvgIpc) is 2.60. The minimum absolute atomic E-state index is 0.0586. The second-order valence-corrected chi connectivity index (χ2v) is 4.82. The van der Waals surface area contributed by atoms with Gasteiger partial charge in [-0.25, -0.2) is 4.39 Å². The maximum atomic E-state index is 13.7. The van der Waals surface area contributed by atoms with Crippen LogP contribution in [-0.2, 0) is 4.79 Å². The second-order valence-electron chi connectivity index (χ2n) is 3.91. The first-order valence-electron chi connectivity index (χ1n) is 5.07. The zero-order valence-electron chi connectivity index (χ0n) is 8.62. The van der Waals surface area contributed by atoms with Gasteiger partial charge in [0, 0.05) is 17.4 Å². The number of hydrogen-bond donors (Lipinski definition) is 1. The molecule has 1 amide bonds. The van der Waals surface area contributed by atoms with Crippen LogP contribution in [0.25, 0.3) is 0 Å². The lowest BCUT2D eigenvalue weighted by Crippen LogP contribution is -2.26. The van der Waals surface area contributed by atoms with Gasteiger partial charge in [0.25, 0.3) is 0 Å². The van der Waals surface area contributed by atoms with E-state index < -0.39 is 0 Å². The van der Waals surface area contributed by atoms with Gasteiger partial charge in [-0.1, -0.05) is 15.9 Å². The van der Waals surface area contributed by atoms with Gasteiger partial charge < -0.3 is 10.6 Å². The summed E-state index contributed by atoms with van der Waals surface area (Å²) in [5.41, 5.74) is 5.86. The van der Waals surface area contributed by atoms with Gasteiger partial charge in [0.1, 0.15) is 5.82 Å². The first-order valence-corrected chi connectivity index (χ1v) is 5.86. The zero-order valence-corrected chi connectivity index (χ0v) is 10.2. The van der Waals surface area contributed by atoms with Gasteiger partial charge in [-0.05, 0) is 30.7 Å². The van der Waals surface area contributed by atoms with Crippen molar-refractivity contribution in [3.63, 3.8) is 0 Å². The number of benzene rings is 1. The molecule has 0 aliphatic carbocycles. The molecule has 1 aliphatic heterocycles. The molecule has 1 atom stereocenters. The van der Waals surface area contributed by atoms with Gasteiger partial charge >= 0.3 is 0 Å². The Morgan fingerprint density at radius 3 is 2.88 bits per heavy atom. The van der Waals surface area contributed by atoms with E-state index in [4.69, 9.17) is 5.73 Å². The van der Waals surface area contributed by atoms with Crippen molar-refractivity contribution in [1.29, 1.82) is 0 Å². The van der Waals surface area contributed by atoms with E-state index in [2.05, 4.69) is 15.9 Å². The number of anilines is 1. The molecule has 1 fully saturated rings. The van der Waals surface area contributed by atoms with Gasteiger partial charge in [0.2, 0.25) is 5.91 Å². The third-order valence-electron chi connectivity index (χ3n) is 2.74. The minimum Gasteiger partial charge on any atom is -0.330 e. The Bertz CT molecular complexity index is 424. The third-order valence-corrected chi connectivity index (χ3v) is 3.23. The molecule has 0 aromatic heterocycles. The lowest BCUT2D eigenvalue weighted by Gasteiger charge is -2.17. The van der Waals surface area contributed by atoms with Gasteiger partial charge in [-0.3, -0.25) is 4.79 Å². The van der Waals surface area contributed by atoms with Crippen molar-refractivity contribution in [3.05, 3.63) is 28.5 Å². The number of nitrogens with zero attached hydrogens (tertiary/aromatic N) is 1. The van der Waals surface area contributed by atoms with E-state index >= 15 is 0 Å². The molecule has 5 heteroatoms. The van der Waals surface area contributed by atoms with Crippen LogP contribution in [-0.4, -0.2) is 19.0 Å². The Labute approximate surface area is 102 Å². The van der Waals surface area contributed by atoms with Crippen LogP contribution < -0.4 is 10.6 Å². The van der Waals surface area contributed by atoms with E-state index in [9.17, 15) is 9.18 Å². The zero-order chi connectivity index (χ0) is 11.7. The van der Waals surface area contributed by atoms with Crippen LogP contribution in [0.3, 0.4) is 0 Å². The predicted molar refractivity (Wildman–Crippen MR) is 63.6 cm³/mol. The van der Waals surface area contributed by atoms with Gasteiger partial charge in [-0.2, -0.15) is 0 Å². The highest BCUT2D eigenvalue weighted by molar-refractivity contribution is 9.10. The summed E-state index contributed by atoms with van der Waals surface area (Å²) in [4.78, 5) is 13.1. The highest BCUT2D eigenvalue weighted by atomic mass is 79.9. The molecule has 16 heavy (non-hydrogen) atoms. The standard InChI is InChI=1S/C11H12BrFN2O/c12-8-1-2-10(9(13)4-8)15-6-7(5-14)3-11(15)16/h1-2,4,7H,3,5-6,14H2. The van der Waals surface area contributed by atoms with Crippen molar-refractivity contribution in [3.8, 4) is 0 Å². The van der Waals surface area contributed by atoms with Gasteiger partial charge in [-0.15, -0.1) is 0 Å². The molecule has 3 nitrogen and oxygen atoms in total. The van der Waals surface area contributed by atoms with Crippen molar-refractivity contribution in [2.24, 2.45) is 11.7 Å². The molecule has 1 heterocycles.